The number of hydrogen-bond acceptors (Lipinski definition) is 5. The van der Waals surface area contributed by atoms with Gasteiger partial charge in [0.25, 0.3) is 10.2 Å². The molecule has 0 aliphatic carbocycles. The van der Waals surface area contributed by atoms with Gasteiger partial charge < -0.3 is 9.42 Å². The van der Waals surface area contributed by atoms with Crippen molar-refractivity contribution in [2.45, 2.75) is 25.8 Å². The topological polar surface area (TPSA) is 131 Å². The molecule has 9 nitrogen and oxygen atoms in total. The summed E-state index contributed by atoms with van der Waals surface area (Å²) in [5.74, 6) is 1.19. The molecule has 0 radical (unpaired) electrons. The van der Waals surface area contributed by atoms with Crippen LogP contribution < -0.4 is 15.2 Å². The molecule has 2 amide bonds. The molecular weight excluding hydrogens is 286 g/mol. The number of nitrogens with one attached hydrogen (secondary N) is 2. The van der Waals surface area contributed by atoms with Crippen molar-refractivity contribution in [2.24, 2.45) is 5.14 Å². The molecule has 1 saturated heterocycles. The van der Waals surface area contributed by atoms with E-state index >= 15 is 0 Å². The number of anilines is 1. The van der Waals surface area contributed by atoms with Crippen LogP contribution in [0.15, 0.2) is 10.6 Å². The van der Waals surface area contributed by atoms with Crippen LogP contribution in [0.5, 0.6) is 0 Å². The van der Waals surface area contributed by atoms with Gasteiger partial charge in [-0.15, -0.1) is 0 Å². The van der Waals surface area contributed by atoms with Crippen molar-refractivity contribution >= 4 is 22.1 Å². The summed E-state index contributed by atoms with van der Waals surface area (Å²) >= 11 is 0. The molecule has 0 saturated carbocycles. The number of nitrogens with two attached hydrogens (primary N) is 1. The maximum Gasteiger partial charge on any atom is 0.323 e. The Morgan fingerprint density at radius 1 is 1.55 bits per heavy atom. The number of rotatable bonds is 4. The van der Waals surface area contributed by atoms with E-state index in [0.29, 0.717) is 11.6 Å². The smallest absolute Gasteiger partial charge is 0.323 e. The molecule has 1 aliphatic rings. The van der Waals surface area contributed by atoms with Gasteiger partial charge in [-0.1, -0.05) is 19.0 Å². The molecule has 2 heterocycles. The highest BCUT2D eigenvalue weighted by molar-refractivity contribution is 7.87. The van der Waals surface area contributed by atoms with Crippen LogP contribution >= 0.6 is 0 Å². The van der Waals surface area contributed by atoms with Crippen LogP contribution in [0, 0.1) is 0 Å². The van der Waals surface area contributed by atoms with Gasteiger partial charge in [-0.2, -0.15) is 13.1 Å². The number of urea groups is 1. The predicted octanol–water partition coefficient (Wildman–Crippen LogP) is -0.193. The quantitative estimate of drug-likeness (QED) is 0.709. The summed E-state index contributed by atoms with van der Waals surface area (Å²) in [6, 6.07) is 0.947. The molecule has 0 aromatic carbocycles. The molecule has 1 fully saturated rings. The molecule has 4 N–H and O–H groups in total. The van der Waals surface area contributed by atoms with Crippen molar-refractivity contribution in [1.82, 2.24) is 14.8 Å². The monoisotopic (exact) mass is 303 g/mol. The molecular formula is C10H17N5O4S. The van der Waals surface area contributed by atoms with Gasteiger partial charge in [-0.25, -0.2) is 9.93 Å². The van der Waals surface area contributed by atoms with E-state index in [1.54, 1.807) is 6.07 Å². The minimum atomic E-state index is -3.73. The number of aromatic nitrogens is 1. The zero-order chi connectivity index (χ0) is 14.9. The third-order valence-electron chi connectivity index (χ3n) is 2.83. The van der Waals surface area contributed by atoms with E-state index in [1.165, 1.54) is 4.90 Å². The maximum atomic E-state index is 11.8. The van der Waals surface area contributed by atoms with E-state index < -0.39 is 10.2 Å². The van der Waals surface area contributed by atoms with E-state index in [9.17, 15) is 13.2 Å². The highest BCUT2D eigenvalue weighted by Gasteiger charge is 2.32. The lowest BCUT2D eigenvalue weighted by Gasteiger charge is -2.38. The second-order valence-corrected chi connectivity index (χ2v) is 6.29. The number of carbonyl (C=O) groups excluding carboxylic acids is 1. The number of nitrogens with zero attached hydrogens (tertiary/aromatic N) is 2. The van der Waals surface area contributed by atoms with Gasteiger partial charge in [-0.05, 0) is 0 Å². The van der Waals surface area contributed by atoms with Crippen molar-refractivity contribution in [1.29, 1.82) is 0 Å². The Morgan fingerprint density at radius 3 is 2.70 bits per heavy atom. The average Bonchev–Trinajstić information content (AvgIpc) is 2.69. The first kappa shape index (κ1) is 14.8. The molecule has 1 aliphatic heterocycles. The summed E-state index contributed by atoms with van der Waals surface area (Å²) in [4.78, 5) is 13.2. The van der Waals surface area contributed by atoms with Crippen LogP contribution in [-0.4, -0.2) is 43.6 Å². The maximum absolute atomic E-state index is 11.8. The summed E-state index contributed by atoms with van der Waals surface area (Å²) in [5, 5.41) is 11.1. The summed E-state index contributed by atoms with van der Waals surface area (Å²) in [6.07, 6.45) is 0. The lowest BCUT2D eigenvalue weighted by molar-refractivity contribution is 0.159. The Morgan fingerprint density at radius 2 is 2.20 bits per heavy atom. The minimum absolute atomic E-state index is 0.181. The fraction of sp³-hybridized carbons (Fsp3) is 0.600. The van der Waals surface area contributed by atoms with Crippen molar-refractivity contribution < 1.29 is 17.7 Å². The summed E-state index contributed by atoms with van der Waals surface area (Å²) in [5.41, 5.74) is 0. The van der Waals surface area contributed by atoms with Gasteiger partial charge in [0.1, 0.15) is 5.76 Å². The first-order valence-electron chi connectivity index (χ1n) is 6.07. The lowest BCUT2D eigenvalue weighted by Crippen LogP contribution is -2.62. The second-order valence-electron chi connectivity index (χ2n) is 4.96. The third kappa shape index (κ3) is 3.68. The normalized spacial score (nSPS) is 16.3. The highest BCUT2D eigenvalue weighted by Crippen LogP contribution is 2.18. The first-order valence-corrected chi connectivity index (χ1v) is 7.62. The lowest BCUT2D eigenvalue weighted by atomic mass is 10.1. The molecule has 2 rings (SSSR count). The summed E-state index contributed by atoms with van der Waals surface area (Å²) in [6.45, 7) is 4.42. The Hall–Kier alpha value is -1.65. The highest BCUT2D eigenvalue weighted by atomic mass is 32.2. The summed E-state index contributed by atoms with van der Waals surface area (Å²) < 4.78 is 28.9. The number of carbonyl (C=O) groups is 1. The van der Waals surface area contributed by atoms with Crippen LogP contribution in [0.3, 0.4) is 0 Å². The van der Waals surface area contributed by atoms with Crippen LogP contribution in [0.4, 0.5) is 10.6 Å². The molecule has 0 spiro atoms. The molecule has 20 heavy (non-hydrogen) atoms. The van der Waals surface area contributed by atoms with Gasteiger partial charge >= 0.3 is 6.03 Å². The van der Waals surface area contributed by atoms with Crippen molar-refractivity contribution in [3.8, 4) is 0 Å². The van der Waals surface area contributed by atoms with Crippen molar-refractivity contribution in [3.05, 3.63) is 11.8 Å². The van der Waals surface area contributed by atoms with E-state index in [-0.39, 0.29) is 31.1 Å². The van der Waals surface area contributed by atoms with E-state index in [2.05, 4.69) is 15.2 Å². The molecule has 1 aromatic rings. The number of hydrogen-bond donors (Lipinski definition) is 3. The fourth-order valence-corrected chi connectivity index (χ4v) is 2.37. The zero-order valence-electron chi connectivity index (χ0n) is 11.2. The van der Waals surface area contributed by atoms with Gasteiger partial charge in [0.05, 0.1) is 6.04 Å². The van der Waals surface area contributed by atoms with Crippen molar-refractivity contribution in [3.63, 3.8) is 0 Å². The van der Waals surface area contributed by atoms with Crippen molar-refractivity contribution in [2.75, 3.05) is 18.4 Å². The Labute approximate surface area is 116 Å². The first-order chi connectivity index (χ1) is 9.24. The van der Waals surface area contributed by atoms with E-state index in [1.807, 2.05) is 13.8 Å². The fourth-order valence-electron chi connectivity index (χ4n) is 1.76. The van der Waals surface area contributed by atoms with Crippen LogP contribution in [0.1, 0.15) is 25.5 Å². The zero-order valence-corrected chi connectivity index (χ0v) is 12.0. The van der Waals surface area contributed by atoms with E-state index in [0.717, 1.165) is 0 Å². The average molecular weight is 303 g/mol. The third-order valence-corrected chi connectivity index (χ3v) is 3.49. The van der Waals surface area contributed by atoms with Crippen LogP contribution in [0.25, 0.3) is 0 Å². The number of amides is 2. The summed E-state index contributed by atoms with van der Waals surface area (Å²) in [7, 11) is -3.73. The van der Waals surface area contributed by atoms with Gasteiger partial charge in [0, 0.05) is 25.1 Å². The standard InChI is InChI=1S/C10H17N5O4S/c1-6(2)8-3-9(13-19-8)12-10(16)15-4-7(5-15)14-20(11,17)18/h3,6-7,14H,4-5H2,1-2H3,(H2,11,17,18)(H,12,13,16). The predicted molar refractivity (Wildman–Crippen MR) is 71.2 cm³/mol. The second kappa shape index (κ2) is 5.38. The van der Waals surface area contributed by atoms with Crippen LogP contribution in [0.2, 0.25) is 0 Å². The SMILES string of the molecule is CC(C)c1cc(NC(=O)N2CC(NS(N)(=O)=O)C2)no1. The number of likely N-dealkylation sites (tertiary alicyclic amines) is 1. The minimum Gasteiger partial charge on any atom is -0.359 e. The molecule has 0 atom stereocenters. The Kier molecular flexibility index (Phi) is 3.97. The molecule has 0 bridgehead atoms. The molecule has 1 aromatic heterocycles. The van der Waals surface area contributed by atoms with Gasteiger partial charge in [-0.3, -0.25) is 5.32 Å². The van der Waals surface area contributed by atoms with Crippen LogP contribution in [-0.2, 0) is 10.2 Å². The molecule has 0 unspecified atom stereocenters. The van der Waals surface area contributed by atoms with Gasteiger partial charge in [0.15, 0.2) is 5.82 Å². The molecule has 112 valence electrons. The Bertz CT molecular complexity index is 591. The van der Waals surface area contributed by atoms with E-state index in [4.69, 9.17) is 9.66 Å². The molecule has 10 heteroatoms. The van der Waals surface area contributed by atoms with Gasteiger partial charge in [0.2, 0.25) is 0 Å². The Balaban J connectivity index is 1.82. The largest absolute Gasteiger partial charge is 0.359 e.